The first-order valence-corrected chi connectivity index (χ1v) is 9.50. The summed E-state index contributed by atoms with van der Waals surface area (Å²) in [7, 11) is 1.45. The summed E-state index contributed by atoms with van der Waals surface area (Å²) >= 11 is 0. The van der Waals surface area contributed by atoms with Gasteiger partial charge in [0.25, 0.3) is 0 Å². The third kappa shape index (κ3) is 4.67. The molecule has 154 valence electrons. The second-order valence-corrected chi connectivity index (χ2v) is 7.18. The van der Waals surface area contributed by atoms with Gasteiger partial charge in [0.15, 0.2) is 30.5 Å². The molecular weight excluding hydrogens is 374 g/mol. The summed E-state index contributed by atoms with van der Waals surface area (Å²) in [6.45, 7) is 4.64. The van der Waals surface area contributed by atoms with Gasteiger partial charge in [-0.15, -0.1) is 0 Å². The maximum Gasteiger partial charge on any atom is 0.344 e. The quantitative estimate of drug-likeness (QED) is 0.474. The van der Waals surface area contributed by atoms with Crippen LogP contribution in [0.1, 0.15) is 57.9 Å². The number of methoxy groups -OCH3 is 1. The number of carbonyl (C=O) groups is 3. The largest absolute Gasteiger partial charge is 0.493 e. The fraction of sp³-hybridized carbons (Fsp3) is 0.409. The van der Waals surface area contributed by atoms with E-state index in [9.17, 15) is 14.4 Å². The molecule has 0 amide bonds. The zero-order valence-electron chi connectivity index (χ0n) is 17.1. The second-order valence-electron chi connectivity index (χ2n) is 7.18. The first kappa shape index (κ1) is 20.6. The normalized spacial score (nSPS) is 13.1. The number of ether oxygens (including phenoxy) is 3. The van der Waals surface area contributed by atoms with Crippen LogP contribution in [-0.4, -0.2) is 42.4 Å². The third-order valence-corrected chi connectivity index (χ3v) is 4.98. The minimum absolute atomic E-state index is 0.103. The van der Waals surface area contributed by atoms with Gasteiger partial charge in [0, 0.05) is 28.6 Å². The van der Waals surface area contributed by atoms with Gasteiger partial charge in [0.1, 0.15) is 0 Å². The fourth-order valence-electron chi connectivity index (χ4n) is 3.36. The lowest BCUT2D eigenvalue weighted by Gasteiger charge is -2.11. The smallest absolute Gasteiger partial charge is 0.344 e. The van der Waals surface area contributed by atoms with E-state index in [-0.39, 0.29) is 24.8 Å². The van der Waals surface area contributed by atoms with Crippen LogP contribution < -0.4 is 9.47 Å². The number of carbonyl (C=O) groups excluding carboxylic acids is 3. The number of nitrogens with zero attached hydrogens (tertiary/aromatic N) is 1. The summed E-state index contributed by atoms with van der Waals surface area (Å²) in [4.78, 5) is 35.9. The molecule has 0 unspecified atom stereocenters. The Hall–Kier alpha value is -3.09. The van der Waals surface area contributed by atoms with Crippen molar-refractivity contribution >= 4 is 17.5 Å². The van der Waals surface area contributed by atoms with Crippen molar-refractivity contribution in [2.45, 2.75) is 39.7 Å². The molecule has 0 spiro atoms. The predicted molar refractivity (Wildman–Crippen MR) is 106 cm³/mol. The highest BCUT2D eigenvalue weighted by molar-refractivity contribution is 5.99. The first-order valence-electron chi connectivity index (χ1n) is 9.50. The lowest BCUT2D eigenvalue weighted by atomic mass is 10.1. The number of ketones is 2. The molecule has 0 atom stereocenters. The topological polar surface area (TPSA) is 83.8 Å². The lowest BCUT2D eigenvalue weighted by molar-refractivity contribution is -0.144. The number of hydrogen-bond donors (Lipinski definition) is 0. The molecule has 7 heteroatoms. The average molecular weight is 399 g/mol. The Labute approximate surface area is 169 Å². The Morgan fingerprint density at radius 2 is 1.79 bits per heavy atom. The highest BCUT2D eigenvalue weighted by Crippen LogP contribution is 2.38. The molecular formula is C22H25NO6. The van der Waals surface area contributed by atoms with E-state index in [0.29, 0.717) is 28.7 Å². The van der Waals surface area contributed by atoms with Gasteiger partial charge in [0.05, 0.1) is 7.11 Å². The summed E-state index contributed by atoms with van der Waals surface area (Å²) in [6.07, 6.45) is 2.26. The summed E-state index contributed by atoms with van der Waals surface area (Å²) in [5.74, 6) is -0.342. The standard InChI is InChI=1S/C22H25NO6/c1-13-9-18(14(2)23(13)17-6-7-17)19(25)11-29-22(26)12-28-20-8-5-16(15(3)24)10-21(20)27-4/h5,8-10,17H,6-7,11-12H2,1-4H3. The first-order chi connectivity index (χ1) is 13.8. The van der Waals surface area contributed by atoms with Crippen LogP contribution in [0.15, 0.2) is 24.3 Å². The molecule has 0 radical (unpaired) electrons. The highest BCUT2D eigenvalue weighted by atomic mass is 16.6. The van der Waals surface area contributed by atoms with Gasteiger partial charge in [-0.05, 0) is 57.9 Å². The van der Waals surface area contributed by atoms with Gasteiger partial charge in [0.2, 0.25) is 5.78 Å². The molecule has 1 heterocycles. The number of hydrogen-bond acceptors (Lipinski definition) is 6. The van der Waals surface area contributed by atoms with Crippen molar-refractivity contribution in [2.75, 3.05) is 20.3 Å². The van der Waals surface area contributed by atoms with Crippen LogP contribution in [-0.2, 0) is 9.53 Å². The number of benzene rings is 1. The van der Waals surface area contributed by atoms with Crippen molar-refractivity contribution < 1.29 is 28.6 Å². The second kappa shape index (κ2) is 8.51. The van der Waals surface area contributed by atoms with Gasteiger partial charge >= 0.3 is 5.97 Å². The minimum atomic E-state index is -0.660. The monoisotopic (exact) mass is 399 g/mol. The molecule has 1 aliphatic rings. The Kier molecular flexibility index (Phi) is 6.06. The van der Waals surface area contributed by atoms with E-state index in [1.54, 1.807) is 18.2 Å². The number of Topliss-reactive ketones (excluding diaryl/α,β-unsaturated/α-hetero) is 2. The number of esters is 1. The fourth-order valence-corrected chi connectivity index (χ4v) is 3.36. The summed E-state index contributed by atoms with van der Waals surface area (Å²) in [5.41, 5.74) is 3.03. The van der Waals surface area contributed by atoms with E-state index >= 15 is 0 Å². The van der Waals surface area contributed by atoms with E-state index in [1.165, 1.54) is 14.0 Å². The van der Waals surface area contributed by atoms with Gasteiger partial charge in [-0.3, -0.25) is 9.59 Å². The van der Waals surface area contributed by atoms with Crippen LogP contribution in [0.25, 0.3) is 0 Å². The molecule has 0 saturated heterocycles. The maximum atomic E-state index is 12.5. The molecule has 2 aromatic rings. The van der Waals surface area contributed by atoms with E-state index in [1.807, 2.05) is 19.9 Å². The number of aromatic nitrogens is 1. The van der Waals surface area contributed by atoms with Crippen LogP contribution in [0.2, 0.25) is 0 Å². The molecule has 1 aromatic carbocycles. The zero-order chi connectivity index (χ0) is 21.1. The van der Waals surface area contributed by atoms with Crippen LogP contribution >= 0.6 is 0 Å². The van der Waals surface area contributed by atoms with E-state index in [2.05, 4.69) is 4.57 Å². The van der Waals surface area contributed by atoms with Crippen molar-refractivity contribution in [3.05, 3.63) is 46.8 Å². The van der Waals surface area contributed by atoms with E-state index < -0.39 is 5.97 Å². The van der Waals surface area contributed by atoms with E-state index in [0.717, 1.165) is 24.2 Å². The van der Waals surface area contributed by atoms with Crippen molar-refractivity contribution in [3.63, 3.8) is 0 Å². The molecule has 0 bridgehead atoms. The van der Waals surface area contributed by atoms with Gasteiger partial charge in [-0.25, -0.2) is 4.79 Å². The average Bonchev–Trinajstić information content (AvgIpc) is 3.48. The molecule has 1 saturated carbocycles. The van der Waals surface area contributed by atoms with E-state index in [4.69, 9.17) is 14.2 Å². The maximum absolute atomic E-state index is 12.5. The van der Waals surface area contributed by atoms with Gasteiger partial charge in [-0.1, -0.05) is 0 Å². The van der Waals surface area contributed by atoms with Crippen molar-refractivity contribution in [1.82, 2.24) is 4.57 Å². The molecule has 29 heavy (non-hydrogen) atoms. The van der Waals surface area contributed by atoms with Crippen molar-refractivity contribution in [3.8, 4) is 11.5 Å². The zero-order valence-corrected chi connectivity index (χ0v) is 17.1. The Bertz CT molecular complexity index is 954. The Balaban J connectivity index is 1.55. The molecule has 1 aliphatic carbocycles. The predicted octanol–water partition coefficient (Wildman–Crippen LogP) is 3.46. The van der Waals surface area contributed by atoms with Crippen LogP contribution in [0.3, 0.4) is 0 Å². The number of aryl methyl sites for hydroxylation is 1. The molecule has 1 fully saturated rings. The summed E-state index contributed by atoms with van der Waals surface area (Å²) < 4.78 is 17.9. The van der Waals surface area contributed by atoms with Crippen LogP contribution in [0.4, 0.5) is 0 Å². The lowest BCUT2D eigenvalue weighted by Crippen LogP contribution is -2.20. The van der Waals surface area contributed by atoms with Crippen molar-refractivity contribution in [2.24, 2.45) is 0 Å². The van der Waals surface area contributed by atoms with Gasteiger partial charge in [-0.2, -0.15) is 0 Å². The molecule has 3 rings (SSSR count). The highest BCUT2D eigenvalue weighted by Gasteiger charge is 2.28. The molecule has 0 aliphatic heterocycles. The van der Waals surface area contributed by atoms with Gasteiger partial charge < -0.3 is 18.8 Å². The third-order valence-electron chi connectivity index (χ3n) is 4.98. The van der Waals surface area contributed by atoms with Crippen LogP contribution in [0, 0.1) is 13.8 Å². The molecule has 7 nitrogen and oxygen atoms in total. The Morgan fingerprint density at radius 3 is 2.41 bits per heavy atom. The number of rotatable bonds is 9. The SMILES string of the molecule is COc1cc(C(C)=O)ccc1OCC(=O)OCC(=O)c1cc(C)n(C2CC2)c1C. The summed E-state index contributed by atoms with van der Waals surface area (Å²) in [5, 5.41) is 0. The molecule has 0 N–H and O–H groups in total. The molecule has 1 aromatic heterocycles. The summed E-state index contributed by atoms with van der Waals surface area (Å²) in [6, 6.07) is 7.02. The minimum Gasteiger partial charge on any atom is -0.493 e. The Morgan fingerprint density at radius 1 is 1.07 bits per heavy atom. The van der Waals surface area contributed by atoms with Crippen LogP contribution in [0.5, 0.6) is 11.5 Å². The van der Waals surface area contributed by atoms with Crippen molar-refractivity contribution in [1.29, 1.82) is 0 Å².